The lowest BCUT2D eigenvalue weighted by atomic mass is 10.1. The van der Waals surface area contributed by atoms with Crippen LogP contribution in [0.25, 0.3) is 0 Å². The molecule has 0 bridgehead atoms. The number of benzene rings is 1. The monoisotopic (exact) mass is 228 g/mol. The number of hydrogen-bond donors (Lipinski definition) is 0. The van der Waals surface area contributed by atoms with Gasteiger partial charge < -0.3 is 14.2 Å². The molecule has 0 atom stereocenters. The first-order valence-corrected chi connectivity index (χ1v) is 5.34. The van der Waals surface area contributed by atoms with E-state index in [0.29, 0.717) is 19.1 Å². The molecule has 1 heterocycles. The van der Waals surface area contributed by atoms with Gasteiger partial charge in [-0.2, -0.15) is 0 Å². The molecular weight excluding hydrogens is 216 g/mol. The highest BCUT2D eigenvalue weighted by molar-refractivity contribution is 6.17. The van der Waals surface area contributed by atoms with Gasteiger partial charge in [-0.3, -0.25) is 0 Å². The Morgan fingerprint density at radius 1 is 1.33 bits per heavy atom. The lowest BCUT2D eigenvalue weighted by molar-refractivity contribution is -0.0442. The molecule has 1 fully saturated rings. The predicted molar refractivity (Wildman–Crippen MR) is 57.2 cm³/mol. The molecule has 4 heteroatoms. The minimum absolute atomic E-state index is 0.276. The Balaban J connectivity index is 2.28. The summed E-state index contributed by atoms with van der Waals surface area (Å²) in [5.74, 6) is 1.24. The first-order valence-electron chi connectivity index (χ1n) is 4.80. The average Bonchev–Trinajstić information content (AvgIpc) is 2.81. The van der Waals surface area contributed by atoms with Crippen molar-refractivity contribution in [3.8, 4) is 5.75 Å². The van der Waals surface area contributed by atoms with Crippen molar-refractivity contribution in [3.63, 3.8) is 0 Å². The SMILES string of the molecule is COc1cc(CCl)cc(C2OCCO2)c1. The van der Waals surface area contributed by atoms with E-state index in [9.17, 15) is 0 Å². The molecule has 0 aromatic heterocycles. The van der Waals surface area contributed by atoms with E-state index in [4.69, 9.17) is 25.8 Å². The van der Waals surface area contributed by atoms with E-state index in [1.165, 1.54) is 0 Å². The summed E-state index contributed by atoms with van der Waals surface area (Å²) in [6, 6.07) is 5.79. The molecule has 3 nitrogen and oxygen atoms in total. The van der Waals surface area contributed by atoms with Crippen LogP contribution in [-0.2, 0) is 15.4 Å². The predicted octanol–water partition coefficient (Wildman–Crippen LogP) is 2.48. The lowest BCUT2D eigenvalue weighted by Gasteiger charge is -2.12. The van der Waals surface area contributed by atoms with Crippen molar-refractivity contribution in [2.45, 2.75) is 12.2 Å². The quantitative estimate of drug-likeness (QED) is 0.744. The summed E-state index contributed by atoms with van der Waals surface area (Å²) < 4.78 is 16.0. The maximum Gasteiger partial charge on any atom is 0.184 e. The van der Waals surface area contributed by atoms with Gasteiger partial charge in [0.05, 0.1) is 20.3 Å². The van der Waals surface area contributed by atoms with Crippen LogP contribution >= 0.6 is 11.6 Å². The molecule has 1 aliphatic heterocycles. The standard InChI is InChI=1S/C11H13ClO3/c1-13-10-5-8(7-12)4-9(6-10)11-14-2-3-15-11/h4-6,11H,2-3,7H2,1H3. The third-order valence-corrected chi connectivity index (χ3v) is 2.58. The fourth-order valence-corrected chi connectivity index (χ4v) is 1.72. The molecule has 0 amide bonds. The fourth-order valence-electron chi connectivity index (χ4n) is 1.57. The Hall–Kier alpha value is -0.770. The number of rotatable bonds is 3. The Morgan fingerprint density at radius 2 is 2.07 bits per heavy atom. The summed E-state index contributed by atoms with van der Waals surface area (Å²) in [6.07, 6.45) is -0.276. The van der Waals surface area contributed by atoms with Gasteiger partial charge in [0.25, 0.3) is 0 Å². The largest absolute Gasteiger partial charge is 0.497 e. The van der Waals surface area contributed by atoms with Crippen LogP contribution in [0.5, 0.6) is 5.75 Å². The molecule has 0 unspecified atom stereocenters. The number of ether oxygens (including phenoxy) is 3. The summed E-state index contributed by atoms with van der Waals surface area (Å²) in [5, 5.41) is 0. The summed E-state index contributed by atoms with van der Waals surface area (Å²) in [7, 11) is 1.63. The van der Waals surface area contributed by atoms with Gasteiger partial charge in [0.15, 0.2) is 6.29 Å². The van der Waals surface area contributed by atoms with E-state index in [0.717, 1.165) is 16.9 Å². The molecule has 82 valence electrons. The second-order valence-electron chi connectivity index (χ2n) is 3.32. The van der Waals surface area contributed by atoms with E-state index in [2.05, 4.69) is 0 Å². The average molecular weight is 229 g/mol. The minimum Gasteiger partial charge on any atom is -0.497 e. The molecular formula is C11H13ClO3. The van der Waals surface area contributed by atoms with Crippen LogP contribution in [0.4, 0.5) is 0 Å². The molecule has 1 aliphatic rings. The molecule has 0 radical (unpaired) electrons. The topological polar surface area (TPSA) is 27.7 Å². The van der Waals surface area contributed by atoms with Gasteiger partial charge in [0.2, 0.25) is 0 Å². The van der Waals surface area contributed by atoms with Crippen molar-refractivity contribution < 1.29 is 14.2 Å². The van der Waals surface area contributed by atoms with Crippen LogP contribution in [-0.4, -0.2) is 20.3 Å². The van der Waals surface area contributed by atoms with Gasteiger partial charge in [-0.1, -0.05) is 0 Å². The van der Waals surface area contributed by atoms with Crippen molar-refractivity contribution >= 4 is 11.6 Å². The Morgan fingerprint density at radius 3 is 2.67 bits per heavy atom. The molecule has 2 rings (SSSR count). The number of hydrogen-bond acceptors (Lipinski definition) is 3. The normalized spacial score (nSPS) is 16.9. The van der Waals surface area contributed by atoms with Crippen LogP contribution < -0.4 is 4.74 Å². The summed E-state index contributed by atoms with van der Waals surface area (Å²) in [4.78, 5) is 0. The van der Waals surface area contributed by atoms with Crippen molar-refractivity contribution in [1.82, 2.24) is 0 Å². The number of methoxy groups -OCH3 is 1. The molecule has 1 saturated heterocycles. The summed E-state index contributed by atoms with van der Waals surface area (Å²) in [6.45, 7) is 1.27. The zero-order valence-electron chi connectivity index (χ0n) is 8.53. The van der Waals surface area contributed by atoms with Gasteiger partial charge in [-0.15, -0.1) is 11.6 Å². The maximum absolute atomic E-state index is 5.80. The van der Waals surface area contributed by atoms with Crippen molar-refractivity contribution in [2.75, 3.05) is 20.3 Å². The molecule has 0 spiro atoms. The second kappa shape index (κ2) is 4.84. The maximum atomic E-state index is 5.80. The second-order valence-corrected chi connectivity index (χ2v) is 3.59. The molecule has 1 aromatic rings. The molecule has 0 aliphatic carbocycles. The van der Waals surface area contributed by atoms with Gasteiger partial charge in [0.1, 0.15) is 5.75 Å². The van der Waals surface area contributed by atoms with Crippen LogP contribution in [0.3, 0.4) is 0 Å². The molecule has 15 heavy (non-hydrogen) atoms. The van der Waals surface area contributed by atoms with Crippen LogP contribution in [0.1, 0.15) is 17.4 Å². The zero-order chi connectivity index (χ0) is 10.7. The molecule has 1 aromatic carbocycles. The van der Waals surface area contributed by atoms with Crippen molar-refractivity contribution in [1.29, 1.82) is 0 Å². The lowest BCUT2D eigenvalue weighted by Crippen LogP contribution is -1.99. The van der Waals surface area contributed by atoms with Gasteiger partial charge >= 0.3 is 0 Å². The third-order valence-electron chi connectivity index (χ3n) is 2.27. The van der Waals surface area contributed by atoms with Gasteiger partial charge in [-0.05, 0) is 23.8 Å². The summed E-state index contributed by atoms with van der Waals surface area (Å²) in [5.41, 5.74) is 1.97. The van der Waals surface area contributed by atoms with E-state index in [-0.39, 0.29) is 6.29 Å². The first kappa shape index (κ1) is 10.7. The van der Waals surface area contributed by atoms with Crippen LogP contribution in [0, 0.1) is 0 Å². The van der Waals surface area contributed by atoms with Crippen LogP contribution in [0.2, 0.25) is 0 Å². The Labute approximate surface area is 93.9 Å². The summed E-state index contributed by atoms with van der Waals surface area (Å²) >= 11 is 5.80. The van der Waals surface area contributed by atoms with Crippen LogP contribution in [0.15, 0.2) is 18.2 Å². The highest BCUT2D eigenvalue weighted by atomic mass is 35.5. The molecule has 0 saturated carbocycles. The first-order chi connectivity index (χ1) is 7.33. The smallest absolute Gasteiger partial charge is 0.184 e. The van der Waals surface area contributed by atoms with E-state index in [1.54, 1.807) is 7.11 Å². The highest BCUT2D eigenvalue weighted by Crippen LogP contribution is 2.28. The van der Waals surface area contributed by atoms with Crippen molar-refractivity contribution in [3.05, 3.63) is 29.3 Å². The highest BCUT2D eigenvalue weighted by Gasteiger charge is 2.19. The van der Waals surface area contributed by atoms with E-state index >= 15 is 0 Å². The fraction of sp³-hybridized carbons (Fsp3) is 0.455. The molecule has 0 N–H and O–H groups in total. The Bertz CT molecular complexity index is 312. The number of alkyl halides is 1. The zero-order valence-corrected chi connectivity index (χ0v) is 9.29. The van der Waals surface area contributed by atoms with E-state index in [1.807, 2.05) is 18.2 Å². The third kappa shape index (κ3) is 2.43. The number of halogens is 1. The van der Waals surface area contributed by atoms with E-state index < -0.39 is 0 Å². The van der Waals surface area contributed by atoms with Crippen molar-refractivity contribution in [2.24, 2.45) is 0 Å². The van der Waals surface area contributed by atoms with Gasteiger partial charge in [-0.25, -0.2) is 0 Å². The van der Waals surface area contributed by atoms with Gasteiger partial charge in [0, 0.05) is 11.4 Å². The minimum atomic E-state index is -0.276. The Kier molecular flexibility index (Phi) is 3.46.